The van der Waals surface area contributed by atoms with Crippen LogP contribution >= 0.6 is 0 Å². The summed E-state index contributed by atoms with van der Waals surface area (Å²) in [6, 6.07) is 19.3. The maximum absolute atomic E-state index is 13.2. The summed E-state index contributed by atoms with van der Waals surface area (Å²) in [4.78, 5) is 18.8. The van der Waals surface area contributed by atoms with E-state index in [1.54, 1.807) is 31.2 Å². The summed E-state index contributed by atoms with van der Waals surface area (Å²) in [6.45, 7) is 3.61. The summed E-state index contributed by atoms with van der Waals surface area (Å²) >= 11 is 0. The first-order valence-electron chi connectivity index (χ1n) is 12.6. The van der Waals surface area contributed by atoms with Gasteiger partial charge in [0.05, 0.1) is 11.1 Å². The Bertz CT molecular complexity index is 1640. The number of para-hydroxylation sites is 1. The molecule has 1 heterocycles. The second-order valence-electron chi connectivity index (χ2n) is 9.50. The molecule has 216 valence electrons. The molecule has 1 unspecified atom stereocenters. The van der Waals surface area contributed by atoms with Crippen molar-refractivity contribution in [2.45, 2.75) is 37.1 Å². The lowest BCUT2D eigenvalue weighted by Crippen LogP contribution is -2.35. The molecule has 4 aromatic rings. The Balaban J connectivity index is 1.43. The van der Waals surface area contributed by atoms with Crippen LogP contribution in [-0.4, -0.2) is 48.8 Å². The normalized spacial score (nSPS) is 13.4. The van der Waals surface area contributed by atoms with Crippen LogP contribution < -0.4 is 9.46 Å². The molecule has 4 rings (SSSR count). The number of sulfonamides is 1. The van der Waals surface area contributed by atoms with Gasteiger partial charge in [-0.05, 0) is 74.4 Å². The Morgan fingerprint density at radius 2 is 1.71 bits per heavy atom. The number of alkyl halides is 3. The minimum absolute atomic E-state index is 0.0236. The second-order valence-corrected chi connectivity index (χ2v) is 11.1. The zero-order valence-corrected chi connectivity index (χ0v) is 23.0. The molecule has 0 bridgehead atoms. The zero-order valence-electron chi connectivity index (χ0n) is 22.2. The molecular formula is C29H28F3N3O5S. The first-order chi connectivity index (χ1) is 19.3. The first-order valence-corrected chi connectivity index (χ1v) is 14.1. The Kier molecular flexibility index (Phi) is 8.55. The topological polar surface area (TPSA) is 109 Å². The van der Waals surface area contributed by atoms with Crippen LogP contribution in [0, 0.1) is 0 Å². The number of fused-ring (bicyclic) bond motifs is 1. The van der Waals surface area contributed by atoms with E-state index in [0.29, 0.717) is 23.0 Å². The molecule has 0 saturated carbocycles. The number of hydrogen-bond donors (Lipinski definition) is 2. The number of carbonyl (C=O) groups is 1. The van der Waals surface area contributed by atoms with Crippen LogP contribution in [0.3, 0.4) is 0 Å². The van der Waals surface area contributed by atoms with Gasteiger partial charge in [-0.1, -0.05) is 30.3 Å². The van der Waals surface area contributed by atoms with E-state index in [1.165, 1.54) is 60.5 Å². The molecule has 0 spiro atoms. The molecule has 1 aromatic heterocycles. The predicted molar refractivity (Wildman–Crippen MR) is 148 cm³/mol. The molecule has 0 aliphatic heterocycles. The van der Waals surface area contributed by atoms with Gasteiger partial charge in [-0.25, -0.2) is 8.42 Å². The number of ether oxygens (including phenoxy) is 1. The van der Waals surface area contributed by atoms with Gasteiger partial charge in [0.2, 0.25) is 0 Å². The van der Waals surface area contributed by atoms with Crippen LogP contribution in [-0.2, 0) is 15.6 Å². The minimum Gasteiger partial charge on any atom is -0.406 e. The third-order valence-electron chi connectivity index (χ3n) is 6.50. The van der Waals surface area contributed by atoms with Gasteiger partial charge >= 0.3 is 6.36 Å². The third-order valence-corrected chi connectivity index (χ3v) is 7.91. The number of halogens is 3. The van der Waals surface area contributed by atoms with E-state index in [9.17, 15) is 31.5 Å². The van der Waals surface area contributed by atoms with E-state index in [1.807, 2.05) is 0 Å². The highest BCUT2D eigenvalue weighted by Crippen LogP contribution is 2.30. The van der Waals surface area contributed by atoms with E-state index in [-0.39, 0.29) is 35.0 Å². The number of anilines is 1. The minimum atomic E-state index is -4.86. The van der Waals surface area contributed by atoms with Gasteiger partial charge in [0.15, 0.2) is 0 Å². The van der Waals surface area contributed by atoms with Crippen LogP contribution in [0.1, 0.15) is 36.2 Å². The average Bonchev–Trinajstić information content (AvgIpc) is 2.92. The highest BCUT2D eigenvalue weighted by molar-refractivity contribution is 7.93. The highest BCUT2D eigenvalue weighted by atomic mass is 32.2. The fourth-order valence-electron chi connectivity index (χ4n) is 4.30. The summed E-state index contributed by atoms with van der Waals surface area (Å²) in [6.07, 6.45) is -3.31. The van der Waals surface area contributed by atoms with E-state index in [2.05, 4.69) is 14.4 Å². The number of rotatable bonds is 10. The largest absolute Gasteiger partial charge is 0.573 e. The van der Waals surface area contributed by atoms with Gasteiger partial charge in [0, 0.05) is 35.9 Å². The lowest BCUT2D eigenvalue weighted by molar-refractivity contribution is -0.274. The van der Waals surface area contributed by atoms with Gasteiger partial charge < -0.3 is 14.7 Å². The number of amides is 1. The fraction of sp³-hybridized carbons (Fsp3) is 0.241. The molecule has 3 aromatic carbocycles. The van der Waals surface area contributed by atoms with Crippen molar-refractivity contribution in [3.8, 4) is 5.75 Å². The molecule has 0 aliphatic carbocycles. The molecule has 0 fully saturated rings. The highest BCUT2D eigenvalue weighted by Gasteiger charge is 2.32. The first kappa shape index (κ1) is 29.8. The molecule has 2 N–H and O–H groups in total. The fourth-order valence-corrected chi connectivity index (χ4v) is 5.53. The van der Waals surface area contributed by atoms with E-state index < -0.39 is 27.7 Å². The average molecular weight is 588 g/mol. The predicted octanol–water partition coefficient (Wildman–Crippen LogP) is 5.69. The standard InChI is InChI=1S/C29H28F3N3O5S/c1-3-35(18-16-28(2,37)22-9-5-10-24(19-22)40-29(30,31)32)27(36)21-12-14-23(15-13-21)34-41(38,39)25-11-4-7-20-8-6-17-33-26(20)25/h4-15,17,19,34,37H,3,16,18H2,1-2H3. The second kappa shape index (κ2) is 11.8. The number of pyridine rings is 1. The summed E-state index contributed by atoms with van der Waals surface area (Å²) in [5.74, 6) is -0.809. The molecule has 8 nitrogen and oxygen atoms in total. The van der Waals surface area contributed by atoms with E-state index in [4.69, 9.17) is 0 Å². The monoisotopic (exact) mass is 587 g/mol. The smallest absolute Gasteiger partial charge is 0.406 e. The van der Waals surface area contributed by atoms with Gasteiger partial charge in [-0.3, -0.25) is 14.5 Å². The maximum Gasteiger partial charge on any atom is 0.573 e. The van der Waals surface area contributed by atoms with Crippen molar-refractivity contribution in [2.75, 3.05) is 17.8 Å². The summed E-state index contributed by atoms with van der Waals surface area (Å²) in [5.41, 5.74) is -0.454. The van der Waals surface area contributed by atoms with Gasteiger partial charge in [0.25, 0.3) is 15.9 Å². The quantitative estimate of drug-likeness (QED) is 0.247. The number of benzene rings is 3. The Labute approximate surface area is 235 Å². The molecule has 0 saturated heterocycles. The number of carbonyl (C=O) groups excluding carboxylic acids is 1. The van der Waals surface area contributed by atoms with Crippen molar-refractivity contribution < 1.29 is 36.2 Å². The SMILES string of the molecule is CCN(CCC(C)(O)c1cccc(OC(F)(F)F)c1)C(=O)c1ccc(NS(=O)(=O)c2cccc3cccnc23)cc1. The summed E-state index contributed by atoms with van der Waals surface area (Å²) < 4.78 is 70.4. The number of nitrogens with zero attached hydrogens (tertiary/aromatic N) is 2. The molecule has 12 heteroatoms. The molecule has 1 atom stereocenters. The summed E-state index contributed by atoms with van der Waals surface area (Å²) in [7, 11) is -3.97. The lowest BCUT2D eigenvalue weighted by Gasteiger charge is -2.29. The van der Waals surface area contributed by atoms with Crippen molar-refractivity contribution in [1.29, 1.82) is 0 Å². The van der Waals surface area contributed by atoms with Crippen LogP contribution in [0.4, 0.5) is 18.9 Å². The van der Waals surface area contributed by atoms with Crippen LogP contribution in [0.2, 0.25) is 0 Å². The van der Waals surface area contributed by atoms with Crippen molar-refractivity contribution >= 4 is 32.5 Å². The lowest BCUT2D eigenvalue weighted by atomic mass is 9.92. The number of aromatic nitrogens is 1. The van der Waals surface area contributed by atoms with Gasteiger partial charge in [-0.2, -0.15) is 0 Å². The van der Waals surface area contributed by atoms with E-state index >= 15 is 0 Å². The zero-order chi connectivity index (χ0) is 29.8. The van der Waals surface area contributed by atoms with Gasteiger partial charge in [-0.15, -0.1) is 13.2 Å². The Morgan fingerprint density at radius 1 is 1.02 bits per heavy atom. The summed E-state index contributed by atoms with van der Waals surface area (Å²) in [5, 5.41) is 11.6. The molecular weight excluding hydrogens is 559 g/mol. The van der Waals surface area contributed by atoms with Crippen molar-refractivity contribution in [2.24, 2.45) is 0 Å². The van der Waals surface area contributed by atoms with Crippen molar-refractivity contribution in [1.82, 2.24) is 9.88 Å². The number of aliphatic hydroxyl groups is 1. The van der Waals surface area contributed by atoms with Crippen LogP contribution in [0.25, 0.3) is 10.9 Å². The molecule has 1 amide bonds. The van der Waals surface area contributed by atoms with Crippen LogP contribution in [0.5, 0.6) is 5.75 Å². The van der Waals surface area contributed by atoms with Gasteiger partial charge in [0.1, 0.15) is 10.6 Å². The molecule has 0 radical (unpaired) electrons. The number of hydrogen-bond acceptors (Lipinski definition) is 6. The molecule has 0 aliphatic rings. The van der Waals surface area contributed by atoms with Crippen LogP contribution in [0.15, 0.2) is 90.0 Å². The molecule has 41 heavy (non-hydrogen) atoms. The number of nitrogens with one attached hydrogen (secondary N) is 1. The van der Waals surface area contributed by atoms with Crippen molar-refractivity contribution in [3.05, 3.63) is 96.2 Å². The third kappa shape index (κ3) is 7.33. The Hall–Kier alpha value is -4.16. The van der Waals surface area contributed by atoms with E-state index in [0.717, 1.165) is 12.1 Å². The van der Waals surface area contributed by atoms with Crippen molar-refractivity contribution in [3.63, 3.8) is 0 Å². The maximum atomic E-state index is 13.2. The Morgan fingerprint density at radius 3 is 2.39 bits per heavy atom.